The van der Waals surface area contributed by atoms with Crippen molar-refractivity contribution in [1.82, 2.24) is 5.32 Å². The first-order valence-electron chi connectivity index (χ1n) is 6.73. The maximum Gasteiger partial charge on any atom is 0.120 e. The lowest BCUT2D eigenvalue weighted by Crippen LogP contribution is -2.27. The van der Waals surface area contributed by atoms with Gasteiger partial charge in [-0.3, -0.25) is 0 Å². The van der Waals surface area contributed by atoms with Crippen molar-refractivity contribution in [2.45, 2.75) is 26.4 Å². The molecule has 0 fully saturated rings. The molecule has 0 aliphatic carbocycles. The Kier molecular flexibility index (Phi) is 5.11. The van der Waals surface area contributed by atoms with Crippen molar-refractivity contribution in [3.63, 3.8) is 0 Å². The lowest BCUT2D eigenvalue weighted by Gasteiger charge is -2.15. The minimum atomic E-state index is 0.376. The first kappa shape index (κ1) is 14.2. The van der Waals surface area contributed by atoms with Crippen LogP contribution in [0.25, 0.3) is 10.8 Å². The highest BCUT2D eigenvalue weighted by atomic mass is 32.2. The Morgan fingerprint density at radius 2 is 2.00 bits per heavy atom. The van der Waals surface area contributed by atoms with Gasteiger partial charge in [-0.25, -0.2) is 0 Å². The molecule has 0 aliphatic heterocycles. The van der Waals surface area contributed by atoms with Crippen LogP contribution in [0.2, 0.25) is 0 Å². The van der Waals surface area contributed by atoms with Crippen LogP contribution in [0.15, 0.2) is 36.4 Å². The van der Waals surface area contributed by atoms with Gasteiger partial charge >= 0.3 is 0 Å². The Hall–Kier alpha value is -1.19. The van der Waals surface area contributed by atoms with E-state index in [1.807, 2.05) is 30.0 Å². The molecule has 2 nitrogen and oxygen atoms in total. The van der Waals surface area contributed by atoms with E-state index in [1.54, 1.807) is 6.07 Å². The fourth-order valence-corrected chi connectivity index (χ4v) is 2.85. The first-order chi connectivity index (χ1) is 9.22. The molecule has 0 aromatic heterocycles. The van der Waals surface area contributed by atoms with Crippen LogP contribution >= 0.6 is 11.8 Å². The lowest BCUT2D eigenvalue weighted by atomic mass is 10.0. The summed E-state index contributed by atoms with van der Waals surface area (Å²) in [6.45, 7) is 5.07. The SMILES string of the molecule is CCSCC(C)NCc1c(O)ccc2ccccc12. The highest BCUT2D eigenvalue weighted by molar-refractivity contribution is 7.99. The summed E-state index contributed by atoms with van der Waals surface area (Å²) < 4.78 is 0. The van der Waals surface area contributed by atoms with Gasteiger partial charge in [0.05, 0.1) is 0 Å². The summed E-state index contributed by atoms with van der Waals surface area (Å²) in [5, 5.41) is 15.8. The van der Waals surface area contributed by atoms with Gasteiger partial charge in [0, 0.05) is 23.9 Å². The molecular formula is C16H21NOS. The van der Waals surface area contributed by atoms with Crippen molar-refractivity contribution in [3.8, 4) is 5.75 Å². The number of aromatic hydroxyl groups is 1. The zero-order valence-corrected chi connectivity index (χ0v) is 12.3. The molecule has 0 aliphatic rings. The van der Waals surface area contributed by atoms with E-state index in [0.29, 0.717) is 18.3 Å². The van der Waals surface area contributed by atoms with E-state index in [4.69, 9.17) is 0 Å². The molecule has 2 N–H and O–H groups in total. The summed E-state index contributed by atoms with van der Waals surface area (Å²) in [6, 6.07) is 12.4. The van der Waals surface area contributed by atoms with Gasteiger partial charge in [0.2, 0.25) is 0 Å². The molecule has 19 heavy (non-hydrogen) atoms. The van der Waals surface area contributed by atoms with E-state index in [9.17, 15) is 5.11 Å². The number of rotatable bonds is 6. The smallest absolute Gasteiger partial charge is 0.120 e. The third-order valence-corrected chi connectivity index (χ3v) is 4.36. The molecule has 1 atom stereocenters. The number of fused-ring (bicyclic) bond motifs is 1. The van der Waals surface area contributed by atoms with Crippen molar-refractivity contribution < 1.29 is 5.11 Å². The molecule has 0 bridgehead atoms. The normalized spacial score (nSPS) is 12.7. The number of hydrogen-bond donors (Lipinski definition) is 2. The van der Waals surface area contributed by atoms with E-state index in [1.165, 1.54) is 5.39 Å². The van der Waals surface area contributed by atoms with Gasteiger partial charge in [0.1, 0.15) is 5.75 Å². The van der Waals surface area contributed by atoms with Crippen molar-refractivity contribution in [3.05, 3.63) is 42.0 Å². The molecule has 1 unspecified atom stereocenters. The number of benzene rings is 2. The molecule has 2 aromatic rings. The van der Waals surface area contributed by atoms with Crippen LogP contribution in [0, 0.1) is 0 Å². The Bertz CT molecular complexity index is 541. The van der Waals surface area contributed by atoms with Crippen molar-refractivity contribution in [2.24, 2.45) is 0 Å². The summed E-state index contributed by atoms with van der Waals surface area (Å²) in [6.07, 6.45) is 0. The van der Waals surface area contributed by atoms with Crippen LogP contribution in [0.4, 0.5) is 0 Å². The molecule has 0 radical (unpaired) electrons. The van der Waals surface area contributed by atoms with Crippen molar-refractivity contribution in [2.75, 3.05) is 11.5 Å². The monoisotopic (exact) mass is 275 g/mol. The van der Waals surface area contributed by atoms with Gasteiger partial charge in [-0.1, -0.05) is 37.3 Å². The highest BCUT2D eigenvalue weighted by Gasteiger charge is 2.08. The van der Waals surface area contributed by atoms with Crippen LogP contribution in [-0.4, -0.2) is 22.7 Å². The summed E-state index contributed by atoms with van der Waals surface area (Å²) in [7, 11) is 0. The van der Waals surface area contributed by atoms with Crippen LogP contribution < -0.4 is 5.32 Å². The maximum absolute atomic E-state index is 10.1. The molecule has 0 heterocycles. The van der Waals surface area contributed by atoms with Crippen LogP contribution in [0.1, 0.15) is 19.4 Å². The fraction of sp³-hybridized carbons (Fsp3) is 0.375. The maximum atomic E-state index is 10.1. The number of hydrogen-bond acceptors (Lipinski definition) is 3. The van der Waals surface area contributed by atoms with E-state index in [-0.39, 0.29) is 0 Å². The second-order valence-corrected chi connectivity index (χ2v) is 6.04. The van der Waals surface area contributed by atoms with Gasteiger partial charge in [-0.15, -0.1) is 0 Å². The lowest BCUT2D eigenvalue weighted by molar-refractivity contribution is 0.463. The topological polar surface area (TPSA) is 32.3 Å². The Morgan fingerprint density at radius 3 is 2.79 bits per heavy atom. The molecular weight excluding hydrogens is 254 g/mol. The molecule has 102 valence electrons. The molecule has 2 rings (SSSR count). The predicted octanol–water partition coefficient (Wildman–Crippen LogP) is 3.78. The Morgan fingerprint density at radius 1 is 1.21 bits per heavy atom. The Labute approximate surface area is 119 Å². The fourth-order valence-electron chi connectivity index (χ4n) is 2.14. The standard InChI is InChI=1S/C16H21NOS/c1-3-19-11-12(2)17-10-15-14-7-5-4-6-13(14)8-9-16(15)18/h4-9,12,17-18H,3,10-11H2,1-2H3. The number of phenols is 1. The van der Waals surface area contributed by atoms with E-state index >= 15 is 0 Å². The van der Waals surface area contributed by atoms with Gasteiger partial charge in [-0.05, 0) is 29.5 Å². The predicted molar refractivity (Wildman–Crippen MR) is 84.9 cm³/mol. The first-order valence-corrected chi connectivity index (χ1v) is 7.88. The van der Waals surface area contributed by atoms with Crippen molar-refractivity contribution in [1.29, 1.82) is 0 Å². The third-order valence-electron chi connectivity index (χ3n) is 3.22. The average molecular weight is 275 g/mol. The Balaban J connectivity index is 2.13. The van der Waals surface area contributed by atoms with Crippen molar-refractivity contribution >= 4 is 22.5 Å². The van der Waals surface area contributed by atoms with E-state index in [2.05, 4.69) is 31.3 Å². The van der Waals surface area contributed by atoms with Gasteiger partial charge in [0.25, 0.3) is 0 Å². The number of nitrogens with one attached hydrogen (secondary N) is 1. The molecule has 0 amide bonds. The largest absolute Gasteiger partial charge is 0.508 e. The summed E-state index contributed by atoms with van der Waals surface area (Å²) in [4.78, 5) is 0. The van der Waals surface area contributed by atoms with E-state index in [0.717, 1.165) is 22.5 Å². The molecule has 3 heteroatoms. The average Bonchev–Trinajstić information content (AvgIpc) is 2.44. The second-order valence-electron chi connectivity index (χ2n) is 4.73. The minimum Gasteiger partial charge on any atom is -0.508 e. The van der Waals surface area contributed by atoms with Gasteiger partial charge < -0.3 is 10.4 Å². The summed E-state index contributed by atoms with van der Waals surface area (Å²) in [5.41, 5.74) is 0.992. The molecule has 0 saturated carbocycles. The van der Waals surface area contributed by atoms with Crippen LogP contribution in [0.3, 0.4) is 0 Å². The van der Waals surface area contributed by atoms with E-state index < -0.39 is 0 Å². The van der Waals surface area contributed by atoms with Gasteiger partial charge in [0.15, 0.2) is 0 Å². The molecule has 2 aromatic carbocycles. The molecule has 0 spiro atoms. The van der Waals surface area contributed by atoms with Gasteiger partial charge in [-0.2, -0.15) is 11.8 Å². The summed E-state index contributed by atoms with van der Waals surface area (Å²) >= 11 is 1.93. The highest BCUT2D eigenvalue weighted by Crippen LogP contribution is 2.26. The number of phenolic OH excluding ortho intramolecular Hbond substituents is 1. The zero-order chi connectivity index (χ0) is 13.7. The quantitative estimate of drug-likeness (QED) is 0.841. The summed E-state index contributed by atoms with van der Waals surface area (Å²) in [5.74, 6) is 2.62. The molecule has 0 saturated heterocycles. The minimum absolute atomic E-state index is 0.376. The van der Waals surface area contributed by atoms with Crippen LogP contribution in [0.5, 0.6) is 5.75 Å². The number of thioether (sulfide) groups is 1. The third kappa shape index (κ3) is 3.64. The second kappa shape index (κ2) is 6.83. The zero-order valence-electron chi connectivity index (χ0n) is 11.5. The van der Waals surface area contributed by atoms with Crippen LogP contribution in [-0.2, 0) is 6.54 Å².